The average Bonchev–Trinajstić information content (AvgIpc) is 2.67. The highest BCUT2D eigenvalue weighted by Gasteiger charge is 2.15. The highest BCUT2D eigenvalue weighted by atomic mass is 32.2. The number of ether oxygens (including phenoxy) is 1. The Labute approximate surface area is 168 Å². The molecule has 150 valence electrons. The van der Waals surface area contributed by atoms with Crippen molar-refractivity contribution in [1.82, 2.24) is 0 Å². The smallest absolute Gasteiger partial charge is 0.339 e. The quantitative estimate of drug-likeness (QED) is 0.609. The lowest BCUT2D eigenvalue weighted by Crippen LogP contribution is -2.06. The number of carbonyl (C=O) groups is 1. The fraction of sp³-hybridized carbons (Fsp3) is 0.136. The third-order valence-electron chi connectivity index (χ3n) is 4.33. The summed E-state index contributed by atoms with van der Waals surface area (Å²) >= 11 is 0. The van der Waals surface area contributed by atoms with Crippen LogP contribution in [0.4, 0.5) is 0 Å². The van der Waals surface area contributed by atoms with Gasteiger partial charge in [0.05, 0.1) is 10.6 Å². The maximum absolute atomic E-state index is 12.6. The maximum atomic E-state index is 12.6. The highest BCUT2D eigenvalue weighted by Crippen LogP contribution is 2.24. The van der Waals surface area contributed by atoms with Gasteiger partial charge in [-0.25, -0.2) is 13.2 Å². The van der Waals surface area contributed by atoms with Gasteiger partial charge in [-0.2, -0.15) is 0 Å². The van der Waals surface area contributed by atoms with Gasteiger partial charge in [0.25, 0.3) is 0 Å². The van der Waals surface area contributed by atoms with Gasteiger partial charge < -0.3 is 14.9 Å². The van der Waals surface area contributed by atoms with Crippen molar-refractivity contribution in [3.8, 4) is 11.5 Å². The van der Waals surface area contributed by atoms with Crippen molar-refractivity contribution < 1.29 is 28.2 Å². The van der Waals surface area contributed by atoms with Gasteiger partial charge >= 0.3 is 5.97 Å². The van der Waals surface area contributed by atoms with Crippen LogP contribution in [0.25, 0.3) is 0 Å². The summed E-state index contributed by atoms with van der Waals surface area (Å²) in [6.45, 7) is 2.02. The van der Waals surface area contributed by atoms with E-state index in [1.54, 1.807) is 48.5 Å². The molecule has 0 saturated heterocycles. The van der Waals surface area contributed by atoms with E-state index in [1.165, 1.54) is 18.2 Å². The first-order valence-electron chi connectivity index (χ1n) is 8.81. The Morgan fingerprint density at radius 1 is 0.966 bits per heavy atom. The molecule has 0 unspecified atom stereocenters. The van der Waals surface area contributed by atoms with Crippen LogP contribution in [-0.2, 0) is 22.2 Å². The summed E-state index contributed by atoms with van der Waals surface area (Å²) in [4.78, 5) is 11.4. The number of phenols is 1. The van der Waals surface area contributed by atoms with E-state index in [1.807, 2.05) is 6.92 Å². The molecule has 0 atom stereocenters. The van der Waals surface area contributed by atoms with Gasteiger partial charge in [-0.05, 0) is 48.4 Å². The predicted octanol–water partition coefficient (Wildman–Crippen LogP) is 3.95. The van der Waals surface area contributed by atoms with Gasteiger partial charge in [-0.15, -0.1) is 0 Å². The number of hydrogen-bond acceptors (Lipinski definition) is 5. The van der Waals surface area contributed by atoms with Crippen LogP contribution in [0, 0.1) is 6.92 Å². The molecule has 6 nitrogen and oxygen atoms in total. The molecule has 0 heterocycles. The van der Waals surface area contributed by atoms with Crippen LogP contribution >= 0.6 is 0 Å². The van der Waals surface area contributed by atoms with Crippen LogP contribution < -0.4 is 4.74 Å². The predicted molar refractivity (Wildman–Crippen MR) is 108 cm³/mol. The van der Waals surface area contributed by atoms with Gasteiger partial charge in [-0.1, -0.05) is 42.0 Å². The summed E-state index contributed by atoms with van der Waals surface area (Å²) in [5.74, 6) is -1.44. The van der Waals surface area contributed by atoms with Crippen molar-refractivity contribution in [2.24, 2.45) is 0 Å². The Morgan fingerprint density at radius 3 is 2.34 bits per heavy atom. The van der Waals surface area contributed by atoms with E-state index in [9.17, 15) is 18.3 Å². The first-order valence-corrected chi connectivity index (χ1v) is 10.5. The first-order chi connectivity index (χ1) is 13.7. The van der Waals surface area contributed by atoms with Gasteiger partial charge in [0, 0.05) is 0 Å². The van der Waals surface area contributed by atoms with Crippen LogP contribution in [0.15, 0.2) is 71.6 Å². The Morgan fingerprint density at radius 2 is 1.66 bits per heavy atom. The summed E-state index contributed by atoms with van der Waals surface area (Å²) < 4.78 is 30.8. The van der Waals surface area contributed by atoms with E-state index in [2.05, 4.69) is 0 Å². The topological polar surface area (TPSA) is 101 Å². The highest BCUT2D eigenvalue weighted by molar-refractivity contribution is 7.90. The standard InChI is InChI=1S/C22H20O6S/c1-15-5-8-19(9-6-15)29(26,27)14-17-4-2-3-16(11-17)13-28-18-7-10-21(23)20(12-18)22(24)25/h2-12,23H,13-14H2,1H3,(H,24,25). The molecule has 0 aromatic heterocycles. The molecular weight excluding hydrogens is 392 g/mol. The van der Waals surface area contributed by atoms with Gasteiger partial charge in [0.2, 0.25) is 0 Å². The third-order valence-corrected chi connectivity index (χ3v) is 6.04. The second-order valence-electron chi connectivity index (χ2n) is 6.66. The van der Waals surface area contributed by atoms with E-state index in [0.717, 1.165) is 11.1 Å². The zero-order chi connectivity index (χ0) is 21.0. The monoisotopic (exact) mass is 412 g/mol. The summed E-state index contributed by atoms with van der Waals surface area (Å²) in [6, 6.07) is 17.7. The summed E-state index contributed by atoms with van der Waals surface area (Å²) in [6.07, 6.45) is 0. The van der Waals surface area contributed by atoms with Gasteiger partial charge in [0.15, 0.2) is 9.84 Å². The van der Waals surface area contributed by atoms with E-state index >= 15 is 0 Å². The number of aromatic hydroxyl groups is 1. The normalized spacial score (nSPS) is 11.2. The molecule has 3 rings (SSSR count). The van der Waals surface area contributed by atoms with Crippen molar-refractivity contribution in [3.05, 3.63) is 89.0 Å². The van der Waals surface area contributed by atoms with Crippen molar-refractivity contribution in [3.63, 3.8) is 0 Å². The molecule has 0 bridgehead atoms. The zero-order valence-electron chi connectivity index (χ0n) is 15.7. The summed E-state index contributed by atoms with van der Waals surface area (Å²) in [5, 5.41) is 18.6. The number of sulfone groups is 1. The fourth-order valence-electron chi connectivity index (χ4n) is 2.80. The number of aromatic carboxylic acids is 1. The molecule has 0 spiro atoms. The van der Waals surface area contributed by atoms with E-state index in [0.29, 0.717) is 5.56 Å². The van der Waals surface area contributed by atoms with Crippen molar-refractivity contribution in [2.45, 2.75) is 24.2 Å². The number of rotatable bonds is 7. The molecule has 0 aliphatic heterocycles. The SMILES string of the molecule is Cc1ccc(S(=O)(=O)Cc2cccc(COc3ccc(O)c(C(=O)O)c3)c2)cc1. The molecule has 29 heavy (non-hydrogen) atoms. The average molecular weight is 412 g/mol. The number of hydrogen-bond donors (Lipinski definition) is 2. The van der Waals surface area contributed by atoms with E-state index in [4.69, 9.17) is 9.84 Å². The lowest BCUT2D eigenvalue weighted by Gasteiger charge is -2.10. The molecule has 0 fully saturated rings. The lowest BCUT2D eigenvalue weighted by atomic mass is 10.1. The molecule has 2 N–H and O–H groups in total. The van der Waals surface area contributed by atoms with Crippen molar-refractivity contribution in [1.29, 1.82) is 0 Å². The first kappa shape index (κ1) is 20.4. The van der Waals surface area contributed by atoms with Crippen LogP contribution in [0.3, 0.4) is 0 Å². The van der Waals surface area contributed by atoms with Crippen molar-refractivity contribution in [2.75, 3.05) is 0 Å². The molecule has 0 aliphatic rings. The number of aryl methyl sites for hydroxylation is 1. The molecular formula is C22H20O6S. The minimum Gasteiger partial charge on any atom is -0.507 e. The van der Waals surface area contributed by atoms with Crippen LogP contribution in [0.1, 0.15) is 27.0 Å². The minimum absolute atomic E-state index is 0.127. The number of carboxylic acids is 1. The van der Waals surface area contributed by atoms with Crippen LogP contribution in [0.5, 0.6) is 11.5 Å². The number of benzene rings is 3. The summed E-state index contributed by atoms with van der Waals surface area (Å²) in [5.41, 5.74) is 2.11. The molecule has 7 heteroatoms. The molecule has 0 amide bonds. The molecule has 0 saturated carbocycles. The Hall–Kier alpha value is -3.32. The Kier molecular flexibility index (Phi) is 5.89. The Bertz CT molecular complexity index is 1130. The minimum atomic E-state index is -3.47. The van der Waals surface area contributed by atoms with Crippen LogP contribution in [-0.4, -0.2) is 24.6 Å². The van der Waals surface area contributed by atoms with Crippen LogP contribution in [0.2, 0.25) is 0 Å². The molecule has 3 aromatic rings. The molecule has 3 aromatic carbocycles. The lowest BCUT2D eigenvalue weighted by molar-refractivity contribution is 0.0693. The Balaban J connectivity index is 1.72. The second-order valence-corrected chi connectivity index (χ2v) is 8.65. The number of carboxylic acid groups (broad SMARTS) is 1. The second kappa shape index (κ2) is 8.36. The molecule has 0 aliphatic carbocycles. The third kappa shape index (κ3) is 5.14. The summed E-state index contributed by atoms with van der Waals surface area (Å²) in [7, 11) is -3.47. The van der Waals surface area contributed by atoms with Gasteiger partial charge in [0.1, 0.15) is 23.7 Å². The zero-order valence-corrected chi connectivity index (χ0v) is 16.5. The van der Waals surface area contributed by atoms with E-state index < -0.39 is 15.8 Å². The maximum Gasteiger partial charge on any atom is 0.339 e. The van der Waals surface area contributed by atoms with Crippen molar-refractivity contribution >= 4 is 15.8 Å². The largest absolute Gasteiger partial charge is 0.507 e. The van der Waals surface area contributed by atoms with E-state index in [-0.39, 0.29) is 34.3 Å². The molecule has 0 radical (unpaired) electrons. The fourth-order valence-corrected chi connectivity index (χ4v) is 4.14. The van der Waals surface area contributed by atoms with Gasteiger partial charge in [-0.3, -0.25) is 0 Å².